The SMILES string of the molecule is CCC(C)(C)c1ccc(NN=C(C)C)nn1. The van der Waals surface area contributed by atoms with Gasteiger partial charge in [-0.3, -0.25) is 5.43 Å². The maximum absolute atomic E-state index is 4.22. The highest BCUT2D eigenvalue weighted by molar-refractivity contribution is 5.79. The van der Waals surface area contributed by atoms with Crippen LogP contribution in [-0.4, -0.2) is 15.9 Å². The van der Waals surface area contributed by atoms with E-state index in [1.54, 1.807) is 0 Å². The summed E-state index contributed by atoms with van der Waals surface area (Å²) in [6.07, 6.45) is 1.04. The van der Waals surface area contributed by atoms with E-state index in [0.29, 0.717) is 5.82 Å². The zero-order valence-electron chi connectivity index (χ0n) is 10.7. The summed E-state index contributed by atoms with van der Waals surface area (Å²) in [5.41, 5.74) is 4.90. The van der Waals surface area contributed by atoms with E-state index in [2.05, 4.69) is 41.5 Å². The van der Waals surface area contributed by atoms with E-state index < -0.39 is 0 Å². The Balaban J connectivity index is 2.79. The quantitative estimate of drug-likeness (QED) is 0.627. The van der Waals surface area contributed by atoms with E-state index in [9.17, 15) is 0 Å². The Morgan fingerprint density at radius 1 is 1.31 bits per heavy atom. The minimum atomic E-state index is 0.0788. The highest BCUT2D eigenvalue weighted by Gasteiger charge is 2.19. The molecule has 16 heavy (non-hydrogen) atoms. The summed E-state index contributed by atoms with van der Waals surface area (Å²) in [6.45, 7) is 10.3. The third kappa shape index (κ3) is 3.29. The highest BCUT2D eigenvalue weighted by Crippen LogP contribution is 2.24. The number of nitrogens with one attached hydrogen (secondary N) is 1. The van der Waals surface area contributed by atoms with Crippen LogP contribution in [0.4, 0.5) is 5.82 Å². The van der Waals surface area contributed by atoms with Gasteiger partial charge in [-0.15, -0.1) is 5.10 Å². The van der Waals surface area contributed by atoms with Gasteiger partial charge in [0.05, 0.1) is 5.69 Å². The summed E-state index contributed by atoms with van der Waals surface area (Å²) < 4.78 is 0. The number of hydrogen-bond acceptors (Lipinski definition) is 4. The molecule has 0 saturated heterocycles. The monoisotopic (exact) mass is 220 g/mol. The lowest BCUT2D eigenvalue weighted by atomic mass is 9.86. The Morgan fingerprint density at radius 2 is 2.00 bits per heavy atom. The Bertz CT molecular complexity index is 361. The van der Waals surface area contributed by atoms with Gasteiger partial charge in [-0.05, 0) is 32.4 Å². The van der Waals surface area contributed by atoms with Crippen molar-refractivity contribution in [2.45, 2.75) is 46.5 Å². The molecule has 0 aliphatic rings. The number of nitrogens with zero attached hydrogens (tertiary/aromatic N) is 3. The molecule has 0 spiro atoms. The van der Waals surface area contributed by atoms with Crippen LogP contribution in [0.15, 0.2) is 17.2 Å². The van der Waals surface area contributed by atoms with Gasteiger partial charge in [-0.1, -0.05) is 20.8 Å². The van der Waals surface area contributed by atoms with Crippen LogP contribution in [0.3, 0.4) is 0 Å². The molecule has 88 valence electrons. The van der Waals surface area contributed by atoms with Crippen molar-refractivity contribution in [3.05, 3.63) is 17.8 Å². The lowest BCUT2D eigenvalue weighted by Crippen LogP contribution is -2.18. The lowest BCUT2D eigenvalue weighted by Gasteiger charge is -2.20. The predicted molar refractivity (Wildman–Crippen MR) is 67.8 cm³/mol. The van der Waals surface area contributed by atoms with Gasteiger partial charge in [0.15, 0.2) is 5.82 Å². The molecule has 0 aromatic carbocycles. The largest absolute Gasteiger partial charge is 0.260 e. The molecule has 1 heterocycles. The molecule has 0 amide bonds. The number of hydrazone groups is 1. The minimum Gasteiger partial charge on any atom is -0.260 e. The summed E-state index contributed by atoms with van der Waals surface area (Å²) >= 11 is 0. The summed E-state index contributed by atoms with van der Waals surface area (Å²) in [6, 6.07) is 3.91. The average molecular weight is 220 g/mol. The molecule has 0 fully saturated rings. The molecule has 1 aromatic heterocycles. The highest BCUT2D eigenvalue weighted by atomic mass is 15.3. The topological polar surface area (TPSA) is 50.2 Å². The van der Waals surface area contributed by atoms with Gasteiger partial charge in [0.2, 0.25) is 0 Å². The molecule has 4 heteroatoms. The number of anilines is 1. The first-order chi connectivity index (χ1) is 7.45. The second-order valence-electron chi connectivity index (χ2n) is 4.71. The predicted octanol–water partition coefficient (Wildman–Crippen LogP) is 2.97. The Labute approximate surface area is 97.2 Å². The van der Waals surface area contributed by atoms with Crippen molar-refractivity contribution >= 4 is 11.5 Å². The molecule has 0 unspecified atom stereocenters. The first-order valence-corrected chi connectivity index (χ1v) is 5.57. The molecule has 4 nitrogen and oxygen atoms in total. The molecule has 1 N–H and O–H groups in total. The smallest absolute Gasteiger partial charge is 0.168 e. The molecule has 0 aliphatic heterocycles. The van der Waals surface area contributed by atoms with Crippen molar-refractivity contribution in [2.24, 2.45) is 5.10 Å². The molecule has 0 radical (unpaired) electrons. The standard InChI is InChI=1S/C12H20N4/c1-6-12(4,5)10-7-8-11(16-14-10)15-13-9(2)3/h7-8H,6H2,1-5H3,(H,15,16). The van der Waals surface area contributed by atoms with Crippen LogP contribution in [0.2, 0.25) is 0 Å². The average Bonchev–Trinajstić information content (AvgIpc) is 2.27. The number of aromatic nitrogens is 2. The normalized spacial score (nSPS) is 11.1. The first kappa shape index (κ1) is 12.6. The number of rotatable bonds is 4. The fourth-order valence-electron chi connectivity index (χ4n) is 1.10. The van der Waals surface area contributed by atoms with Crippen LogP contribution < -0.4 is 5.43 Å². The van der Waals surface area contributed by atoms with Gasteiger partial charge in [0.1, 0.15) is 0 Å². The van der Waals surface area contributed by atoms with Gasteiger partial charge < -0.3 is 0 Å². The van der Waals surface area contributed by atoms with E-state index in [1.807, 2.05) is 26.0 Å². The molecule has 1 rings (SSSR count). The fraction of sp³-hybridized carbons (Fsp3) is 0.583. The van der Waals surface area contributed by atoms with Crippen molar-refractivity contribution in [1.29, 1.82) is 0 Å². The van der Waals surface area contributed by atoms with E-state index in [0.717, 1.165) is 17.8 Å². The molecule has 0 aliphatic carbocycles. The van der Waals surface area contributed by atoms with Crippen LogP contribution in [-0.2, 0) is 5.41 Å². The second kappa shape index (κ2) is 5.05. The van der Waals surface area contributed by atoms with Crippen molar-refractivity contribution in [1.82, 2.24) is 10.2 Å². The summed E-state index contributed by atoms with van der Waals surface area (Å²) in [5.74, 6) is 0.678. The van der Waals surface area contributed by atoms with E-state index in [-0.39, 0.29) is 5.41 Å². The molecule has 0 saturated carbocycles. The number of hydrogen-bond donors (Lipinski definition) is 1. The van der Waals surface area contributed by atoms with Crippen molar-refractivity contribution in [2.75, 3.05) is 5.43 Å². The minimum absolute atomic E-state index is 0.0788. The van der Waals surface area contributed by atoms with Crippen LogP contribution in [0.1, 0.15) is 46.7 Å². The molecule has 0 atom stereocenters. The Morgan fingerprint density at radius 3 is 2.44 bits per heavy atom. The fourth-order valence-corrected chi connectivity index (χ4v) is 1.10. The van der Waals surface area contributed by atoms with Crippen LogP contribution in [0.5, 0.6) is 0 Å². The third-order valence-corrected chi connectivity index (χ3v) is 2.64. The lowest BCUT2D eigenvalue weighted by molar-refractivity contribution is 0.484. The maximum Gasteiger partial charge on any atom is 0.168 e. The van der Waals surface area contributed by atoms with Gasteiger partial charge in [0.25, 0.3) is 0 Å². The van der Waals surface area contributed by atoms with Gasteiger partial charge >= 0.3 is 0 Å². The van der Waals surface area contributed by atoms with Crippen LogP contribution in [0.25, 0.3) is 0 Å². The van der Waals surface area contributed by atoms with Crippen molar-refractivity contribution in [3.8, 4) is 0 Å². The zero-order chi connectivity index (χ0) is 12.2. The molecular formula is C12H20N4. The van der Waals surface area contributed by atoms with E-state index in [4.69, 9.17) is 0 Å². The summed E-state index contributed by atoms with van der Waals surface area (Å²) in [5, 5.41) is 12.4. The Kier molecular flexibility index (Phi) is 3.99. The molecular weight excluding hydrogens is 200 g/mol. The van der Waals surface area contributed by atoms with Crippen LogP contribution >= 0.6 is 0 Å². The second-order valence-corrected chi connectivity index (χ2v) is 4.71. The van der Waals surface area contributed by atoms with Crippen molar-refractivity contribution in [3.63, 3.8) is 0 Å². The Hall–Kier alpha value is -1.45. The zero-order valence-corrected chi connectivity index (χ0v) is 10.7. The van der Waals surface area contributed by atoms with Crippen molar-refractivity contribution < 1.29 is 0 Å². The van der Waals surface area contributed by atoms with Gasteiger partial charge in [-0.2, -0.15) is 10.2 Å². The van der Waals surface area contributed by atoms with E-state index >= 15 is 0 Å². The summed E-state index contributed by atoms with van der Waals surface area (Å²) in [7, 11) is 0. The molecule has 0 bridgehead atoms. The maximum atomic E-state index is 4.22. The first-order valence-electron chi connectivity index (χ1n) is 5.57. The van der Waals surface area contributed by atoms with E-state index in [1.165, 1.54) is 0 Å². The molecule has 1 aromatic rings. The van der Waals surface area contributed by atoms with Gasteiger partial charge in [-0.25, -0.2) is 0 Å². The van der Waals surface area contributed by atoms with Gasteiger partial charge in [0, 0.05) is 11.1 Å². The third-order valence-electron chi connectivity index (χ3n) is 2.64. The van der Waals surface area contributed by atoms with Crippen LogP contribution in [0, 0.1) is 0 Å². The summed E-state index contributed by atoms with van der Waals surface area (Å²) in [4.78, 5) is 0.